The third kappa shape index (κ3) is 3.35. The number of benzene rings is 1. The molecule has 2 heterocycles. The van der Waals surface area contributed by atoms with Gasteiger partial charge in [0, 0.05) is 0 Å². The van der Waals surface area contributed by atoms with Crippen LogP contribution in [0.25, 0.3) is 10.2 Å². The highest BCUT2D eigenvalue weighted by Crippen LogP contribution is 2.41. The molecule has 1 fully saturated rings. The molecule has 1 aliphatic rings. The molecule has 1 unspecified atom stereocenters. The fraction of sp³-hybridized carbons (Fsp3) is 0.316. The van der Waals surface area contributed by atoms with Crippen molar-refractivity contribution in [1.82, 2.24) is 14.9 Å². The lowest BCUT2D eigenvalue weighted by Gasteiger charge is -2.19. The molecule has 1 N–H and O–H groups in total. The number of hydrogen-bond acceptors (Lipinski definition) is 4. The smallest absolute Gasteiger partial charge is 0.262 e. The SMILES string of the molecule is Cc1ccc(C(NC(=O)Cn2cnc3sccc3c2=O)C2CC2)cc1. The Labute approximate surface area is 149 Å². The summed E-state index contributed by atoms with van der Waals surface area (Å²) in [4.78, 5) is 29.9. The fourth-order valence-electron chi connectivity index (χ4n) is 3.06. The van der Waals surface area contributed by atoms with Gasteiger partial charge in [0.25, 0.3) is 5.56 Å². The topological polar surface area (TPSA) is 64.0 Å². The standard InChI is InChI=1S/C19H19N3O2S/c1-12-2-4-13(5-3-12)17(14-6-7-14)21-16(23)10-22-11-20-18-15(19(22)24)8-9-25-18/h2-5,8-9,11,14,17H,6-7,10H2,1H3,(H,21,23). The third-order valence-corrected chi connectivity index (χ3v) is 5.43. The van der Waals surface area contributed by atoms with Crippen molar-refractivity contribution in [2.45, 2.75) is 32.4 Å². The Morgan fingerprint density at radius 1 is 1.32 bits per heavy atom. The van der Waals surface area contributed by atoms with Gasteiger partial charge in [0.2, 0.25) is 5.91 Å². The van der Waals surface area contributed by atoms with Crippen LogP contribution >= 0.6 is 11.3 Å². The van der Waals surface area contributed by atoms with Crippen molar-refractivity contribution in [3.05, 3.63) is 63.5 Å². The Balaban J connectivity index is 1.52. The maximum absolute atomic E-state index is 12.5. The van der Waals surface area contributed by atoms with E-state index in [4.69, 9.17) is 0 Å². The van der Waals surface area contributed by atoms with Crippen LogP contribution in [0.2, 0.25) is 0 Å². The summed E-state index contributed by atoms with van der Waals surface area (Å²) >= 11 is 1.43. The van der Waals surface area contributed by atoms with Crippen molar-refractivity contribution >= 4 is 27.5 Å². The highest BCUT2D eigenvalue weighted by molar-refractivity contribution is 7.16. The minimum absolute atomic E-state index is 0.00724. The second-order valence-electron chi connectivity index (χ2n) is 6.61. The summed E-state index contributed by atoms with van der Waals surface area (Å²) in [7, 11) is 0. The number of nitrogens with one attached hydrogen (secondary N) is 1. The second kappa shape index (κ2) is 6.44. The van der Waals surface area contributed by atoms with Crippen molar-refractivity contribution in [2.75, 3.05) is 0 Å². The molecule has 25 heavy (non-hydrogen) atoms. The summed E-state index contributed by atoms with van der Waals surface area (Å²) in [5, 5.41) is 5.51. The molecule has 0 saturated heterocycles. The molecule has 1 amide bonds. The van der Waals surface area contributed by atoms with Crippen LogP contribution in [0.5, 0.6) is 0 Å². The average molecular weight is 353 g/mol. The van der Waals surface area contributed by atoms with Crippen LogP contribution in [-0.4, -0.2) is 15.5 Å². The normalized spacial score (nSPS) is 15.2. The monoisotopic (exact) mass is 353 g/mol. The number of thiophene rings is 1. The Morgan fingerprint density at radius 2 is 2.08 bits per heavy atom. The van der Waals surface area contributed by atoms with Crippen LogP contribution in [0.15, 0.2) is 46.8 Å². The Morgan fingerprint density at radius 3 is 2.80 bits per heavy atom. The van der Waals surface area contributed by atoms with Gasteiger partial charge >= 0.3 is 0 Å². The summed E-state index contributed by atoms with van der Waals surface area (Å²) in [6, 6.07) is 10.0. The van der Waals surface area contributed by atoms with Gasteiger partial charge in [0.05, 0.1) is 17.8 Å². The van der Waals surface area contributed by atoms with Crippen LogP contribution in [-0.2, 0) is 11.3 Å². The Hall–Kier alpha value is -2.47. The quantitative estimate of drug-likeness (QED) is 0.767. The van der Waals surface area contributed by atoms with Gasteiger partial charge < -0.3 is 5.32 Å². The zero-order chi connectivity index (χ0) is 17.4. The number of fused-ring (bicyclic) bond motifs is 1. The Bertz CT molecular complexity index is 970. The van der Waals surface area contributed by atoms with E-state index in [-0.39, 0.29) is 24.1 Å². The van der Waals surface area contributed by atoms with E-state index in [2.05, 4.69) is 41.5 Å². The zero-order valence-electron chi connectivity index (χ0n) is 13.9. The first-order chi connectivity index (χ1) is 12.1. The first-order valence-electron chi connectivity index (χ1n) is 8.40. The molecule has 0 radical (unpaired) electrons. The van der Waals surface area contributed by atoms with E-state index in [1.165, 1.54) is 27.8 Å². The molecule has 0 spiro atoms. The van der Waals surface area contributed by atoms with E-state index in [1.807, 2.05) is 5.38 Å². The largest absolute Gasteiger partial charge is 0.347 e. The Kier molecular flexibility index (Phi) is 4.13. The van der Waals surface area contributed by atoms with Crippen molar-refractivity contribution in [3.8, 4) is 0 Å². The molecule has 3 aromatic rings. The average Bonchev–Trinajstić information content (AvgIpc) is 3.33. The van der Waals surface area contributed by atoms with Gasteiger partial charge in [-0.2, -0.15) is 0 Å². The number of carbonyl (C=O) groups is 1. The molecule has 1 atom stereocenters. The van der Waals surface area contributed by atoms with Gasteiger partial charge in [-0.1, -0.05) is 29.8 Å². The summed E-state index contributed by atoms with van der Waals surface area (Å²) < 4.78 is 1.38. The number of aryl methyl sites for hydroxylation is 1. The summed E-state index contributed by atoms with van der Waals surface area (Å²) in [6.07, 6.45) is 3.71. The van der Waals surface area contributed by atoms with Gasteiger partial charge in [0.15, 0.2) is 0 Å². The number of nitrogens with zero attached hydrogens (tertiary/aromatic N) is 2. The van der Waals surface area contributed by atoms with Crippen molar-refractivity contribution in [2.24, 2.45) is 5.92 Å². The zero-order valence-corrected chi connectivity index (χ0v) is 14.8. The summed E-state index contributed by atoms with van der Waals surface area (Å²) in [5.41, 5.74) is 2.16. The van der Waals surface area contributed by atoms with Crippen LogP contribution in [0.1, 0.15) is 30.0 Å². The minimum atomic E-state index is -0.167. The van der Waals surface area contributed by atoms with Crippen LogP contribution in [0.3, 0.4) is 0 Å². The van der Waals surface area contributed by atoms with Crippen molar-refractivity contribution in [3.63, 3.8) is 0 Å². The van der Waals surface area contributed by atoms with Crippen molar-refractivity contribution < 1.29 is 4.79 Å². The molecular weight excluding hydrogens is 334 g/mol. The van der Waals surface area contributed by atoms with Gasteiger partial charge in [-0.3, -0.25) is 14.2 Å². The molecule has 6 heteroatoms. The van der Waals surface area contributed by atoms with Crippen LogP contribution in [0.4, 0.5) is 0 Å². The fourth-order valence-corrected chi connectivity index (χ4v) is 3.78. The molecule has 0 aliphatic heterocycles. The lowest BCUT2D eigenvalue weighted by atomic mass is 10.0. The lowest BCUT2D eigenvalue weighted by Crippen LogP contribution is -2.35. The highest BCUT2D eigenvalue weighted by atomic mass is 32.1. The van der Waals surface area contributed by atoms with Gasteiger partial charge in [-0.05, 0) is 42.7 Å². The first-order valence-corrected chi connectivity index (χ1v) is 9.28. The van der Waals surface area contributed by atoms with Crippen LogP contribution in [0, 0.1) is 12.8 Å². The number of amides is 1. The molecule has 4 rings (SSSR count). The van der Waals surface area contributed by atoms with E-state index in [0.717, 1.165) is 18.4 Å². The summed E-state index contributed by atoms with van der Waals surface area (Å²) in [5.74, 6) is 0.330. The molecular formula is C19H19N3O2S. The number of aromatic nitrogens is 2. The van der Waals surface area contributed by atoms with Crippen molar-refractivity contribution in [1.29, 1.82) is 0 Å². The first kappa shape index (κ1) is 16.0. The lowest BCUT2D eigenvalue weighted by molar-refractivity contribution is -0.122. The van der Waals surface area contributed by atoms with Gasteiger partial charge in [-0.15, -0.1) is 11.3 Å². The maximum Gasteiger partial charge on any atom is 0.262 e. The minimum Gasteiger partial charge on any atom is -0.347 e. The van der Waals surface area contributed by atoms with E-state index >= 15 is 0 Å². The second-order valence-corrected chi connectivity index (χ2v) is 7.50. The van der Waals surface area contributed by atoms with E-state index in [9.17, 15) is 9.59 Å². The maximum atomic E-state index is 12.5. The van der Waals surface area contributed by atoms with E-state index in [1.54, 1.807) is 6.07 Å². The number of hydrogen-bond donors (Lipinski definition) is 1. The third-order valence-electron chi connectivity index (χ3n) is 4.61. The predicted octanol–water partition coefficient (Wildman–Crippen LogP) is 3.03. The van der Waals surface area contributed by atoms with Gasteiger partial charge in [0.1, 0.15) is 11.4 Å². The molecule has 128 valence electrons. The summed E-state index contributed by atoms with van der Waals surface area (Å²) in [6.45, 7) is 2.04. The van der Waals surface area contributed by atoms with Crippen LogP contribution < -0.4 is 10.9 Å². The molecule has 0 bridgehead atoms. The number of carbonyl (C=O) groups excluding carboxylic acids is 1. The van der Waals surface area contributed by atoms with E-state index in [0.29, 0.717) is 16.1 Å². The number of rotatable bonds is 5. The molecule has 2 aromatic heterocycles. The molecule has 1 aromatic carbocycles. The van der Waals surface area contributed by atoms with Gasteiger partial charge in [-0.25, -0.2) is 4.98 Å². The molecule has 1 aliphatic carbocycles. The predicted molar refractivity (Wildman–Crippen MR) is 98.7 cm³/mol. The van der Waals surface area contributed by atoms with E-state index < -0.39 is 0 Å². The highest BCUT2D eigenvalue weighted by Gasteiger charge is 2.33. The molecule has 1 saturated carbocycles. The molecule has 5 nitrogen and oxygen atoms in total.